The molecule has 0 saturated heterocycles. The lowest BCUT2D eigenvalue weighted by atomic mass is 9.95. The van der Waals surface area contributed by atoms with Crippen molar-refractivity contribution in [2.45, 2.75) is 32.1 Å². The third kappa shape index (κ3) is 3.81. The molecule has 1 aromatic heterocycles. The predicted molar refractivity (Wildman–Crippen MR) is 93.1 cm³/mol. The second-order valence-electron chi connectivity index (χ2n) is 5.51. The Morgan fingerprint density at radius 1 is 1.18 bits per heavy atom. The first-order valence-electron chi connectivity index (χ1n) is 7.61. The molecule has 1 aliphatic rings. The minimum absolute atomic E-state index is 0.175. The lowest BCUT2D eigenvalue weighted by Gasteiger charge is -2.13. The average Bonchev–Trinajstić information content (AvgIpc) is 2.93. The quantitative estimate of drug-likeness (QED) is 0.840. The summed E-state index contributed by atoms with van der Waals surface area (Å²) in [5.74, 6) is 0. The summed E-state index contributed by atoms with van der Waals surface area (Å²) in [6, 6.07) is 6.92. The number of nitrogens with one attached hydrogen (secondary N) is 2. The molecule has 0 saturated carbocycles. The molecule has 2 N–H and O–H groups in total. The first-order valence-corrected chi connectivity index (χ1v) is 8.86. The van der Waals surface area contributed by atoms with Gasteiger partial charge in [-0.25, -0.2) is 4.79 Å². The van der Waals surface area contributed by atoms with Crippen LogP contribution in [-0.4, -0.2) is 12.6 Å². The van der Waals surface area contributed by atoms with Crippen molar-refractivity contribution < 1.29 is 4.79 Å². The number of carbonyl (C=O) groups is 1. The van der Waals surface area contributed by atoms with E-state index in [9.17, 15) is 4.79 Å². The Balaban J connectivity index is 1.47. The highest BCUT2D eigenvalue weighted by molar-refractivity contribution is 7.10. The summed E-state index contributed by atoms with van der Waals surface area (Å²) < 4.78 is 0. The fraction of sp³-hybridized carbons (Fsp3) is 0.353. The number of benzene rings is 1. The Bertz CT molecular complexity index is 651. The maximum Gasteiger partial charge on any atom is 0.319 e. The number of hydrogen-bond acceptors (Lipinski definition) is 2. The van der Waals surface area contributed by atoms with Crippen LogP contribution in [0.2, 0.25) is 5.02 Å². The molecule has 1 heterocycles. The third-order valence-electron chi connectivity index (χ3n) is 3.93. The fourth-order valence-corrected chi connectivity index (χ4v) is 4.10. The normalized spacial score (nSPS) is 13.5. The molecule has 3 rings (SSSR count). The first kappa shape index (κ1) is 15.4. The number of aryl methyl sites for hydroxylation is 1. The van der Waals surface area contributed by atoms with E-state index in [0.717, 1.165) is 12.1 Å². The first-order chi connectivity index (χ1) is 10.7. The molecule has 1 aromatic carbocycles. The zero-order chi connectivity index (χ0) is 15.4. The standard InChI is InChI=1S/C17H19ClN2OS/c18-13-5-7-14(8-6-13)20-17(21)19-10-9-12-11-22-16-4-2-1-3-15(12)16/h5-8,11H,1-4,9-10H2,(H2,19,20,21). The van der Waals surface area contributed by atoms with Crippen LogP contribution in [0.25, 0.3) is 0 Å². The van der Waals surface area contributed by atoms with Crippen LogP contribution >= 0.6 is 22.9 Å². The van der Waals surface area contributed by atoms with Crippen molar-refractivity contribution in [1.82, 2.24) is 5.32 Å². The molecule has 0 spiro atoms. The Morgan fingerprint density at radius 3 is 2.77 bits per heavy atom. The predicted octanol–water partition coefficient (Wildman–Crippen LogP) is 4.64. The van der Waals surface area contributed by atoms with Gasteiger partial charge in [-0.15, -0.1) is 11.3 Å². The van der Waals surface area contributed by atoms with E-state index in [0.29, 0.717) is 11.6 Å². The number of rotatable bonds is 4. The second kappa shape index (κ2) is 7.16. The van der Waals surface area contributed by atoms with Crippen LogP contribution in [-0.2, 0) is 19.3 Å². The number of thiophene rings is 1. The van der Waals surface area contributed by atoms with Crippen LogP contribution in [0.4, 0.5) is 10.5 Å². The molecular weight excluding hydrogens is 316 g/mol. The molecule has 0 unspecified atom stereocenters. The Labute approximate surface area is 139 Å². The van der Waals surface area contributed by atoms with Gasteiger partial charge in [0.25, 0.3) is 0 Å². The van der Waals surface area contributed by atoms with E-state index in [-0.39, 0.29) is 6.03 Å². The summed E-state index contributed by atoms with van der Waals surface area (Å²) in [5.41, 5.74) is 3.69. The van der Waals surface area contributed by atoms with Crippen molar-refractivity contribution in [3.8, 4) is 0 Å². The molecule has 0 fully saturated rings. The summed E-state index contributed by atoms with van der Waals surface area (Å²) in [4.78, 5) is 13.4. The van der Waals surface area contributed by atoms with Crippen molar-refractivity contribution in [3.05, 3.63) is 50.7 Å². The number of anilines is 1. The number of amides is 2. The Morgan fingerprint density at radius 2 is 1.95 bits per heavy atom. The molecule has 2 amide bonds. The van der Waals surface area contributed by atoms with Gasteiger partial charge in [0.2, 0.25) is 0 Å². The van der Waals surface area contributed by atoms with Gasteiger partial charge in [0, 0.05) is 22.1 Å². The number of halogens is 1. The number of hydrogen-bond donors (Lipinski definition) is 2. The molecule has 116 valence electrons. The van der Waals surface area contributed by atoms with E-state index in [4.69, 9.17) is 11.6 Å². The highest BCUT2D eigenvalue weighted by atomic mass is 35.5. The molecule has 0 aliphatic heterocycles. The topological polar surface area (TPSA) is 41.1 Å². The van der Waals surface area contributed by atoms with Crippen molar-refractivity contribution in [1.29, 1.82) is 0 Å². The van der Waals surface area contributed by atoms with Gasteiger partial charge in [0.15, 0.2) is 0 Å². The van der Waals surface area contributed by atoms with Crippen LogP contribution in [0, 0.1) is 0 Å². The van der Waals surface area contributed by atoms with Crippen LogP contribution in [0.5, 0.6) is 0 Å². The van der Waals surface area contributed by atoms with Gasteiger partial charge < -0.3 is 10.6 Å². The zero-order valence-electron chi connectivity index (χ0n) is 12.3. The van der Waals surface area contributed by atoms with Crippen LogP contribution in [0.1, 0.15) is 28.8 Å². The summed E-state index contributed by atoms with van der Waals surface area (Å²) in [6.07, 6.45) is 5.94. The Hall–Kier alpha value is -1.52. The van der Waals surface area contributed by atoms with Crippen molar-refractivity contribution in [3.63, 3.8) is 0 Å². The average molecular weight is 335 g/mol. The molecule has 1 aliphatic carbocycles. The highest BCUT2D eigenvalue weighted by Crippen LogP contribution is 2.30. The SMILES string of the molecule is O=C(NCCc1csc2c1CCCC2)Nc1ccc(Cl)cc1. The van der Waals surface area contributed by atoms with E-state index >= 15 is 0 Å². The van der Waals surface area contributed by atoms with E-state index in [1.807, 2.05) is 11.3 Å². The van der Waals surface area contributed by atoms with Crippen molar-refractivity contribution in [2.75, 3.05) is 11.9 Å². The minimum atomic E-state index is -0.175. The summed E-state index contributed by atoms with van der Waals surface area (Å²) in [7, 11) is 0. The molecule has 0 bridgehead atoms. The number of carbonyl (C=O) groups excluding carboxylic acids is 1. The van der Waals surface area contributed by atoms with E-state index < -0.39 is 0 Å². The van der Waals surface area contributed by atoms with Crippen LogP contribution < -0.4 is 10.6 Å². The molecule has 0 radical (unpaired) electrons. The Kier molecular flexibility index (Phi) is 5.01. The molecule has 3 nitrogen and oxygen atoms in total. The summed E-state index contributed by atoms with van der Waals surface area (Å²) in [6.45, 7) is 0.655. The van der Waals surface area contributed by atoms with Gasteiger partial charge in [0.1, 0.15) is 0 Å². The van der Waals surface area contributed by atoms with Crippen molar-refractivity contribution >= 4 is 34.7 Å². The van der Waals surface area contributed by atoms with Gasteiger partial charge >= 0.3 is 6.03 Å². The number of urea groups is 1. The summed E-state index contributed by atoms with van der Waals surface area (Å²) in [5, 5.41) is 8.64. The zero-order valence-corrected chi connectivity index (χ0v) is 13.9. The molecule has 5 heteroatoms. The second-order valence-corrected chi connectivity index (χ2v) is 6.91. The lowest BCUT2D eigenvalue weighted by Crippen LogP contribution is -2.30. The maximum absolute atomic E-state index is 11.9. The van der Waals surface area contributed by atoms with E-state index in [1.54, 1.807) is 29.1 Å². The molecule has 0 atom stereocenters. The lowest BCUT2D eigenvalue weighted by molar-refractivity contribution is 0.252. The smallest absolute Gasteiger partial charge is 0.319 e. The largest absolute Gasteiger partial charge is 0.338 e. The van der Waals surface area contributed by atoms with Crippen LogP contribution in [0.15, 0.2) is 29.6 Å². The fourth-order valence-electron chi connectivity index (χ4n) is 2.79. The van der Waals surface area contributed by atoms with Gasteiger partial charge in [-0.05, 0) is 72.9 Å². The third-order valence-corrected chi connectivity index (χ3v) is 5.32. The van der Waals surface area contributed by atoms with E-state index in [2.05, 4.69) is 16.0 Å². The highest BCUT2D eigenvalue weighted by Gasteiger charge is 2.15. The monoisotopic (exact) mass is 334 g/mol. The van der Waals surface area contributed by atoms with Crippen molar-refractivity contribution in [2.24, 2.45) is 0 Å². The van der Waals surface area contributed by atoms with Crippen LogP contribution in [0.3, 0.4) is 0 Å². The maximum atomic E-state index is 11.9. The van der Waals surface area contributed by atoms with Gasteiger partial charge in [-0.2, -0.15) is 0 Å². The minimum Gasteiger partial charge on any atom is -0.338 e. The number of fused-ring (bicyclic) bond motifs is 1. The molecule has 2 aromatic rings. The van der Waals surface area contributed by atoms with E-state index in [1.165, 1.54) is 36.8 Å². The molecule has 22 heavy (non-hydrogen) atoms. The van der Waals surface area contributed by atoms with Gasteiger partial charge in [-0.1, -0.05) is 11.6 Å². The van der Waals surface area contributed by atoms with Gasteiger partial charge in [0.05, 0.1) is 0 Å². The summed E-state index contributed by atoms with van der Waals surface area (Å²) >= 11 is 7.69. The van der Waals surface area contributed by atoms with Gasteiger partial charge in [-0.3, -0.25) is 0 Å². The molecular formula is C17H19ClN2OS.